The smallest absolute Gasteiger partial charge is 0.341 e. The number of carbonyl (C=O) groups excluding carboxylic acids is 1. The molecule has 0 bridgehead atoms. The van der Waals surface area contributed by atoms with Gasteiger partial charge in [0.1, 0.15) is 5.56 Å². The molecule has 106 valence electrons. The van der Waals surface area contributed by atoms with Crippen molar-refractivity contribution >= 4 is 28.2 Å². The largest absolute Gasteiger partial charge is 0.465 e. The van der Waals surface area contributed by atoms with Crippen LogP contribution in [0.2, 0.25) is 0 Å². The zero-order valence-electron chi connectivity index (χ0n) is 12.0. The Labute approximate surface area is 118 Å². The quantitative estimate of drug-likeness (QED) is 0.867. The van der Waals surface area contributed by atoms with E-state index < -0.39 is 5.97 Å². The van der Waals surface area contributed by atoms with Crippen molar-refractivity contribution in [3.05, 3.63) is 30.0 Å². The van der Waals surface area contributed by atoms with E-state index in [4.69, 9.17) is 10.5 Å². The number of aromatic nitrogens is 1. The van der Waals surface area contributed by atoms with Gasteiger partial charge in [0.2, 0.25) is 0 Å². The van der Waals surface area contributed by atoms with E-state index in [9.17, 15) is 4.79 Å². The highest BCUT2D eigenvalue weighted by Gasteiger charge is 2.14. The summed E-state index contributed by atoms with van der Waals surface area (Å²) in [5, 5.41) is 0.775. The van der Waals surface area contributed by atoms with E-state index in [1.807, 2.05) is 18.2 Å². The number of hydrogen-bond acceptors (Lipinski definition) is 5. The van der Waals surface area contributed by atoms with Crippen molar-refractivity contribution in [2.45, 2.75) is 13.8 Å². The predicted octanol–water partition coefficient (Wildman–Crippen LogP) is 2.45. The van der Waals surface area contributed by atoms with Gasteiger partial charge in [-0.3, -0.25) is 4.98 Å². The first-order valence-corrected chi connectivity index (χ1v) is 6.63. The van der Waals surface area contributed by atoms with Crippen LogP contribution < -0.4 is 10.6 Å². The minimum absolute atomic E-state index is 0.302. The molecule has 5 heteroatoms. The molecule has 2 rings (SSSR count). The first-order valence-electron chi connectivity index (χ1n) is 6.63. The van der Waals surface area contributed by atoms with Crippen molar-refractivity contribution in [2.75, 3.05) is 30.8 Å². The standard InChI is InChI=1S/C15H19N3O2/c1-4-18(5-2)10-6-7-13-11(8-10)14(16)12(9-17-13)15(19)20-3/h6-9H,4-5H2,1-3H3,(H2,16,17). The summed E-state index contributed by atoms with van der Waals surface area (Å²) in [5.74, 6) is -0.467. The van der Waals surface area contributed by atoms with Gasteiger partial charge in [0.15, 0.2) is 0 Å². The van der Waals surface area contributed by atoms with Gasteiger partial charge in [-0.15, -0.1) is 0 Å². The molecule has 0 radical (unpaired) electrons. The van der Waals surface area contributed by atoms with Gasteiger partial charge in [0, 0.05) is 30.4 Å². The molecule has 2 N–H and O–H groups in total. The Morgan fingerprint density at radius 2 is 2.05 bits per heavy atom. The second-order valence-corrected chi connectivity index (χ2v) is 4.45. The number of benzene rings is 1. The second kappa shape index (κ2) is 5.77. The van der Waals surface area contributed by atoms with Gasteiger partial charge < -0.3 is 15.4 Å². The number of pyridine rings is 1. The first kappa shape index (κ1) is 14.1. The third kappa shape index (κ3) is 2.39. The lowest BCUT2D eigenvalue weighted by atomic mass is 10.1. The molecule has 0 aliphatic heterocycles. The fourth-order valence-electron chi connectivity index (χ4n) is 2.26. The van der Waals surface area contributed by atoms with Crippen LogP contribution in [0.3, 0.4) is 0 Å². The molecule has 0 aliphatic rings. The maximum atomic E-state index is 11.7. The lowest BCUT2D eigenvalue weighted by Crippen LogP contribution is -2.21. The van der Waals surface area contributed by atoms with E-state index in [-0.39, 0.29) is 0 Å². The number of fused-ring (bicyclic) bond motifs is 1. The molecule has 1 aromatic heterocycles. The number of ether oxygens (including phenoxy) is 1. The average Bonchev–Trinajstić information content (AvgIpc) is 2.48. The summed E-state index contributed by atoms with van der Waals surface area (Å²) >= 11 is 0. The second-order valence-electron chi connectivity index (χ2n) is 4.45. The molecule has 20 heavy (non-hydrogen) atoms. The van der Waals surface area contributed by atoms with Crippen LogP contribution >= 0.6 is 0 Å². The Kier molecular flexibility index (Phi) is 4.08. The molecule has 0 unspecified atom stereocenters. The highest BCUT2D eigenvalue weighted by atomic mass is 16.5. The van der Waals surface area contributed by atoms with Crippen molar-refractivity contribution < 1.29 is 9.53 Å². The summed E-state index contributed by atoms with van der Waals surface area (Å²) in [6, 6.07) is 5.90. The minimum atomic E-state index is -0.467. The lowest BCUT2D eigenvalue weighted by molar-refractivity contribution is 0.0601. The molecular weight excluding hydrogens is 254 g/mol. The van der Waals surface area contributed by atoms with Gasteiger partial charge in [0.25, 0.3) is 0 Å². The minimum Gasteiger partial charge on any atom is -0.465 e. The van der Waals surface area contributed by atoms with Crippen molar-refractivity contribution in [1.82, 2.24) is 4.98 Å². The molecule has 5 nitrogen and oxygen atoms in total. The van der Waals surface area contributed by atoms with Crippen LogP contribution in [-0.4, -0.2) is 31.2 Å². The SMILES string of the molecule is CCN(CC)c1ccc2ncc(C(=O)OC)c(N)c2c1. The van der Waals surface area contributed by atoms with Gasteiger partial charge in [0.05, 0.1) is 18.3 Å². The molecule has 1 heterocycles. The Morgan fingerprint density at radius 1 is 1.35 bits per heavy atom. The van der Waals surface area contributed by atoms with Gasteiger partial charge in [-0.1, -0.05) is 0 Å². The normalized spacial score (nSPS) is 10.6. The fourth-order valence-corrected chi connectivity index (χ4v) is 2.26. The van der Waals surface area contributed by atoms with Crippen molar-refractivity contribution in [1.29, 1.82) is 0 Å². The van der Waals surface area contributed by atoms with Crippen LogP contribution in [-0.2, 0) is 4.74 Å². The zero-order chi connectivity index (χ0) is 14.7. The third-order valence-electron chi connectivity index (χ3n) is 3.43. The fraction of sp³-hybridized carbons (Fsp3) is 0.333. The molecule has 0 saturated heterocycles. The summed E-state index contributed by atoms with van der Waals surface area (Å²) in [4.78, 5) is 18.1. The van der Waals surface area contributed by atoms with Crippen molar-refractivity contribution in [3.63, 3.8) is 0 Å². The van der Waals surface area contributed by atoms with Crippen molar-refractivity contribution in [3.8, 4) is 0 Å². The summed E-state index contributed by atoms with van der Waals surface area (Å²) in [7, 11) is 1.33. The number of nitrogen functional groups attached to an aromatic ring is 1. The summed E-state index contributed by atoms with van der Waals surface area (Å²) < 4.78 is 4.72. The molecule has 0 aliphatic carbocycles. The number of esters is 1. The third-order valence-corrected chi connectivity index (χ3v) is 3.43. The predicted molar refractivity (Wildman–Crippen MR) is 81.1 cm³/mol. The van der Waals surface area contributed by atoms with Gasteiger partial charge >= 0.3 is 5.97 Å². The number of rotatable bonds is 4. The first-order chi connectivity index (χ1) is 9.62. The molecule has 0 amide bonds. The molecule has 2 aromatic rings. The topological polar surface area (TPSA) is 68.5 Å². The molecule has 0 fully saturated rings. The number of nitrogens with zero attached hydrogens (tertiary/aromatic N) is 2. The summed E-state index contributed by atoms with van der Waals surface area (Å²) in [6.45, 7) is 6.01. The highest BCUT2D eigenvalue weighted by molar-refractivity contribution is 6.04. The lowest BCUT2D eigenvalue weighted by Gasteiger charge is -2.21. The van der Waals surface area contributed by atoms with Crippen LogP contribution in [0.5, 0.6) is 0 Å². The van der Waals surface area contributed by atoms with Gasteiger partial charge in [-0.2, -0.15) is 0 Å². The molecule has 0 atom stereocenters. The number of hydrogen-bond donors (Lipinski definition) is 1. The highest BCUT2D eigenvalue weighted by Crippen LogP contribution is 2.27. The van der Waals surface area contributed by atoms with E-state index in [1.54, 1.807) is 0 Å². The van der Waals surface area contributed by atoms with Gasteiger partial charge in [-0.05, 0) is 32.0 Å². The van der Waals surface area contributed by atoms with E-state index in [2.05, 4.69) is 23.7 Å². The molecular formula is C15H19N3O2. The molecule has 0 saturated carbocycles. The monoisotopic (exact) mass is 273 g/mol. The maximum absolute atomic E-state index is 11.7. The van der Waals surface area contributed by atoms with Gasteiger partial charge in [-0.25, -0.2) is 4.79 Å². The van der Waals surface area contributed by atoms with E-state index >= 15 is 0 Å². The Balaban J connectivity index is 2.60. The van der Waals surface area contributed by atoms with Crippen LogP contribution in [0.15, 0.2) is 24.4 Å². The van der Waals surface area contributed by atoms with E-state index in [0.29, 0.717) is 11.3 Å². The number of anilines is 2. The Morgan fingerprint density at radius 3 is 2.65 bits per heavy atom. The number of methoxy groups -OCH3 is 1. The van der Waals surface area contributed by atoms with Crippen LogP contribution in [0.4, 0.5) is 11.4 Å². The molecule has 1 aromatic carbocycles. The van der Waals surface area contributed by atoms with E-state index in [1.165, 1.54) is 13.3 Å². The average molecular weight is 273 g/mol. The number of carbonyl (C=O) groups is 1. The summed E-state index contributed by atoms with van der Waals surface area (Å²) in [5.41, 5.74) is 8.64. The zero-order valence-corrected chi connectivity index (χ0v) is 12.0. The Bertz CT molecular complexity index is 636. The summed E-state index contributed by atoms with van der Waals surface area (Å²) in [6.07, 6.45) is 1.46. The Hall–Kier alpha value is -2.30. The van der Waals surface area contributed by atoms with Crippen LogP contribution in [0.25, 0.3) is 10.9 Å². The maximum Gasteiger partial charge on any atom is 0.341 e. The van der Waals surface area contributed by atoms with Crippen LogP contribution in [0, 0.1) is 0 Å². The van der Waals surface area contributed by atoms with Crippen LogP contribution in [0.1, 0.15) is 24.2 Å². The van der Waals surface area contributed by atoms with Crippen molar-refractivity contribution in [2.24, 2.45) is 0 Å². The van der Waals surface area contributed by atoms with E-state index in [0.717, 1.165) is 29.7 Å². The molecule has 0 spiro atoms. The number of nitrogens with two attached hydrogens (primary N) is 1.